The summed E-state index contributed by atoms with van der Waals surface area (Å²) in [6, 6.07) is 10.6. The maximum atomic E-state index is 13.9. The summed E-state index contributed by atoms with van der Waals surface area (Å²) in [5.41, 5.74) is 1.46. The van der Waals surface area contributed by atoms with Gasteiger partial charge in [0, 0.05) is 6.26 Å². The summed E-state index contributed by atoms with van der Waals surface area (Å²) < 4.78 is 38.5. The van der Waals surface area contributed by atoms with Crippen LogP contribution in [0.2, 0.25) is 0 Å². The largest absolute Gasteiger partial charge is 0.318 e. The second-order valence-corrected chi connectivity index (χ2v) is 7.77. The van der Waals surface area contributed by atoms with E-state index in [0.29, 0.717) is 0 Å². The standard InChI is InChI=1S/C17H15FN4O3S/c1-11-4-3-5-12(8-11)22-10-16(20-21-22)17(23)19-15-9-13(26(2,24)25)6-7-14(15)18/h3-10H,1-2H3,(H,19,23). The van der Waals surface area contributed by atoms with Gasteiger partial charge in [-0.05, 0) is 42.8 Å². The van der Waals surface area contributed by atoms with Crippen molar-refractivity contribution in [3.63, 3.8) is 0 Å². The fraction of sp³-hybridized carbons (Fsp3) is 0.118. The minimum absolute atomic E-state index is 0.0318. The first-order valence-corrected chi connectivity index (χ1v) is 9.43. The van der Waals surface area contributed by atoms with Gasteiger partial charge in [-0.3, -0.25) is 4.79 Å². The van der Waals surface area contributed by atoms with Gasteiger partial charge >= 0.3 is 0 Å². The first kappa shape index (κ1) is 17.7. The van der Waals surface area contributed by atoms with E-state index < -0.39 is 21.6 Å². The van der Waals surface area contributed by atoms with Crippen molar-refractivity contribution in [1.82, 2.24) is 15.0 Å². The van der Waals surface area contributed by atoms with Crippen molar-refractivity contribution in [2.24, 2.45) is 0 Å². The molecule has 1 N–H and O–H groups in total. The van der Waals surface area contributed by atoms with Gasteiger partial charge < -0.3 is 5.32 Å². The van der Waals surface area contributed by atoms with Gasteiger partial charge in [0.25, 0.3) is 5.91 Å². The number of anilines is 1. The second kappa shape index (κ2) is 6.68. The number of nitrogens with zero attached hydrogens (tertiary/aromatic N) is 3. The molecular formula is C17H15FN4O3S. The van der Waals surface area contributed by atoms with E-state index >= 15 is 0 Å². The molecular weight excluding hydrogens is 359 g/mol. The summed E-state index contributed by atoms with van der Waals surface area (Å²) in [5, 5.41) is 9.99. The van der Waals surface area contributed by atoms with Crippen LogP contribution >= 0.6 is 0 Å². The number of amides is 1. The van der Waals surface area contributed by atoms with E-state index in [1.54, 1.807) is 6.07 Å². The van der Waals surface area contributed by atoms with Crippen molar-refractivity contribution in [3.05, 3.63) is 65.7 Å². The van der Waals surface area contributed by atoms with Gasteiger partial charge in [0.15, 0.2) is 15.5 Å². The molecule has 0 saturated carbocycles. The molecule has 2 aromatic carbocycles. The second-order valence-electron chi connectivity index (χ2n) is 5.76. The maximum absolute atomic E-state index is 13.9. The van der Waals surface area contributed by atoms with E-state index in [-0.39, 0.29) is 16.3 Å². The summed E-state index contributed by atoms with van der Waals surface area (Å²) in [7, 11) is -3.53. The Morgan fingerprint density at radius 2 is 1.96 bits per heavy atom. The fourth-order valence-electron chi connectivity index (χ4n) is 2.28. The zero-order chi connectivity index (χ0) is 18.9. The van der Waals surface area contributed by atoms with Gasteiger partial charge in [-0.2, -0.15) is 0 Å². The maximum Gasteiger partial charge on any atom is 0.277 e. The number of hydrogen-bond acceptors (Lipinski definition) is 5. The highest BCUT2D eigenvalue weighted by molar-refractivity contribution is 7.90. The van der Waals surface area contributed by atoms with E-state index in [1.165, 1.54) is 10.9 Å². The van der Waals surface area contributed by atoms with Crippen LogP contribution in [0.1, 0.15) is 16.1 Å². The molecule has 0 radical (unpaired) electrons. The smallest absolute Gasteiger partial charge is 0.277 e. The van der Waals surface area contributed by atoms with E-state index in [1.807, 2.05) is 25.1 Å². The first-order valence-electron chi connectivity index (χ1n) is 7.54. The van der Waals surface area contributed by atoms with Crippen LogP contribution < -0.4 is 5.32 Å². The molecule has 0 bridgehead atoms. The van der Waals surface area contributed by atoms with Crippen LogP contribution in [0.25, 0.3) is 5.69 Å². The molecule has 9 heteroatoms. The van der Waals surface area contributed by atoms with Crippen LogP contribution in [0.5, 0.6) is 0 Å². The van der Waals surface area contributed by atoms with Crippen molar-refractivity contribution < 1.29 is 17.6 Å². The molecule has 1 amide bonds. The van der Waals surface area contributed by atoms with Crippen LogP contribution in [-0.4, -0.2) is 35.6 Å². The minimum Gasteiger partial charge on any atom is -0.318 e. The Labute approximate surface area is 149 Å². The molecule has 7 nitrogen and oxygen atoms in total. The molecule has 1 aromatic heterocycles. The van der Waals surface area contributed by atoms with Crippen LogP contribution in [0.3, 0.4) is 0 Å². The third kappa shape index (κ3) is 3.77. The Morgan fingerprint density at radius 3 is 2.65 bits per heavy atom. The summed E-state index contributed by atoms with van der Waals surface area (Å²) in [6.07, 6.45) is 2.40. The van der Waals surface area contributed by atoms with E-state index in [4.69, 9.17) is 0 Å². The SMILES string of the molecule is Cc1cccc(-n2cc(C(=O)Nc3cc(S(C)(=O)=O)ccc3F)nn2)c1. The quantitative estimate of drug-likeness (QED) is 0.708. The number of aryl methyl sites for hydroxylation is 1. The molecule has 0 aliphatic rings. The van der Waals surface area contributed by atoms with Crippen LogP contribution in [0, 0.1) is 12.7 Å². The lowest BCUT2D eigenvalue weighted by atomic mass is 10.2. The monoisotopic (exact) mass is 374 g/mol. The first-order chi connectivity index (χ1) is 12.2. The highest BCUT2D eigenvalue weighted by Crippen LogP contribution is 2.20. The van der Waals surface area contributed by atoms with Crippen molar-refractivity contribution in [1.29, 1.82) is 0 Å². The molecule has 134 valence electrons. The zero-order valence-electron chi connectivity index (χ0n) is 14.0. The average molecular weight is 374 g/mol. The van der Waals surface area contributed by atoms with Gasteiger partial charge in [-0.25, -0.2) is 17.5 Å². The van der Waals surface area contributed by atoms with Crippen LogP contribution in [0.4, 0.5) is 10.1 Å². The predicted octanol–water partition coefficient (Wildman–Crippen LogP) is 2.37. The molecule has 3 aromatic rings. The fourth-order valence-corrected chi connectivity index (χ4v) is 2.93. The molecule has 0 spiro atoms. The van der Waals surface area contributed by atoms with Gasteiger partial charge in [0.1, 0.15) is 5.82 Å². The Kier molecular flexibility index (Phi) is 4.56. The van der Waals surface area contributed by atoms with Gasteiger partial charge in [-0.15, -0.1) is 5.10 Å². The lowest BCUT2D eigenvalue weighted by molar-refractivity contribution is 0.102. The van der Waals surface area contributed by atoms with Crippen molar-refractivity contribution in [3.8, 4) is 5.69 Å². The molecule has 0 fully saturated rings. The number of hydrogen-bond donors (Lipinski definition) is 1. The molecule has 0 unspecified atom stereocenters. The Hall–Kier alpha value is -3.07. The Balaban J connectivity index is 1.86. The average Bonchev–Trinajstić information content (AvgIpc) is 3.06. The molecule has 0 saturated heterocycles. The normalized spacial score (nSPS) is 11.3. The highest BCUT2D eigenvalue weighted by Gasteiger charge is 2.16. The number of rotatable bonds is 4. The summed E-state index contributed by atoms with van der Waals surface area (Å²) in [5.74, 6) is -1.45. The van der Waals surface area contributed by atoms with Crippen molar-refractivity contribution in [2.75, 3.05) is 11.6 Å². The minimum atomic E-state index is -3.53. The van der Waals surface area contributed by atoms with Crippen molar-refractivity contribution in [2.45, 2.75) is 11.8 Å². The molecule has 0 aliphatic carbocycles. The molecule has 0 atom stereocenters. The molecule has 3 rings (SSSR count). The lowest BCUT2D eigenvalue weighted by Gasteiger charge is -2.06. The molecule has 26 heavy (non-hydrogen) atoms. The third-order valence-corrected chi connectivity index (χ3v) is 4.72. The summed E-state index contributed by atoms with van der Waals surface area (Å²) >= 11 is 0. The van der Waals surface area contributed by atoms with Gasteiger partial charge in [-0.1, -0.05) is 17.3 Å². The number of aromatic nitrogens is 3. The van der Waals surface area contributed by atoms with E-state index in [0.717, 1.165) is 35.7 Å². The van der Waals surface area contributed by atoms with E-state index in [2.05, 4.69) is 15.6 Å². The summed E-state index contributed by atoms with van der Waals surface area (Å²) in [6.45, 7) is 1.92. The molecule has 1 heterocycles. The number of nitrogens with one attached hydrogen (secondary N) is 1. The van der Waals surface area contributed by atoms with Crippen molar-refractivity contribution >= 4 is 21.4 Å². The number of carbonyl (C=O) groups is 1. The number of benzene rings is 2. The van der Waals surface area contributed by atoms with Gasteiger partial charge in [0.05, 0.1) is 22.5 Å². The van der Waals surface area contributed by atoms with Gasteiger partial charge in [0.2, 0.25) is 0 Å². The van der Waals surface area contributed by atoms with Crippen LogP contribution in [0.15, 0.2) is 53.6 Å². The predicted molar refractivity (Wildman–Crippen MR) is 93.6 cm³/mol. The number of sulfone groups is 1. The molecule has 0 aliphatic heterocycles. The zero-order valence-corrected chi connectivity index (χ0v) is 14.8. The Bertz CT molecular complexity index is 1090. The third-order valence-electron chi connectivity index (χ3n) is 3.61. The Morgan fingerprint density at radius 1 is 1.19 bits per heavy atom. The highest BCUT2D eigenvalue weighted by atomic mass is 32.2. The van der Waals surface area contributed by atoms with Crippen LogP contribution in [-0.2, 0) is 9.84 Å². The van der Waals surface area contributed by atoms with E-state index in [9.17, 15) is 17.6 Å². The lowest BCUT2D eigenvalue weighted by Crippen LogP contribution is -2.14. The number of halogens is 1. The summed E-state index contributed by atoms with van der Waals surface area (Å²) in [4.78, 5) is 12.2. The number of carbonyl (C=O) groups excluding carboxylic acids is 1. The topological polar surface area (TPSA) is 94.0 Å².